The molecule has 106 valence electrons. The molecule has 6 heteroatoms. The Bertz CT molecular complexity index is 410. The van der Waals surface area contributed by atoms with Crippen molar-refractivity contribution in [1.29, 1.82) is 0 Å². The van der Waals surface area contributed by atoms with Gasteiger partial charge >= 0.3 is 0 Å². The molecule has 0 bridgehead atoms. The van der Waals surface area contributed by atoms with Gasteiger partial charge in [-0.15, -0.1) is 0 Å². The van der Waals surface area contributed by atoms with Crippen LogP contribution in [0.25, 0.3) is 0 Å². The maximum absolute atomic E-state index is 5.69. The normalized spacial score (nSPS) is 20.3. The van der Waals surface area contributed by atoms with Gasteiger partial charge in [0, 0.05) is 13.2 Å². The van der Waals surface area contributed by atoms with Crippen LogP contribution in [0.3, 0.4) is 0 Å². The lowest BCUT2D eigenvalue weighted by Crippen LogP contribution is -2.30. The molecule has 2 unspecified atom stereocenters. The highest BCUT2D eigenvalue weighted by Crippen LogP contribution is 2.28. The zero-order chi connectivity index (χ0) is 13.7. The van der Waals surface area contributed by atoms with E-state index in [4.69, 9.17) is 4.74 Å². The average molecular weight is 329 g/mol. The van der Waals surface area contributed by atoms with Gasteiger partial charge in [0.15, 0.2) is 0 Å². The molecule has 0 radical (unpaired) electrons. The highest BCUT2D eigenvalue weighted by atomic mass is 79.9. The predicted octanol–water partition coefficient (Wildman–Crippen LogP) is 3.04. The summed E-state index contributed by atoms with van der Waals surface area (Å²) in [5, 5.41) is 6.68. The molecule has 5 nitrogen and oxygen atoms in total. The summed E-state index contributed by atoms with van der Waals surface area (Å²) in [6.07, 6.45) is 5.16. The number of hydrogen-bond acceptors (Lipinski definition) is 5. The van der Waals surface area contributed by atoms with Crippen molar-refractivity contribution in [2.45, 2.75) is 45.3 Å². The summed E-state index contributed by atoms with van der Waals surface area (Å²) in [7, 11) is 0. The molecule has 1 aliphatic heterocycles. The molecule has 0 aliphatic carbocycles. The summed E-state index contributed by atoms with van der Waals surface area (Å²) < 4.78 is 6.57. The van der Waals surface area contributed by atoms with Crippen LogP contribution in [0.5, 0.6) is 0 Å². The van der Waals surface area contributed by atoms with E-state index in [1.54, 1.807) is 6.33 Å². The Morgan fingerprint density at radius 1 is 1.47 bits per heavy atom. The number of hydrogen-bond donors (Lipinski definition) is 2. The Kier molecular flexibility index (Phi) is 5.39. The first-order valence-corrected chi connectivity index (χ1v) is 7.64. The Morgan fingerprint density at radius 2 is 2.26 bits per heavy atom. The van der Waals surface area contributed by atoms with E-state index in [1.807, 2.05) is 0 Å². The molecule has 1 saturated heterocycles. The van der Waals surface area contributed by atoms with Crippen molar-refractivity contribution in [2.75, 3.05) is 23.8 Å². The summed E-state index contributed by atoms with van der Waals surface area (Å²) in [6, 6.07) is 0.243. The van der Waals surface area contributed by atoms with Gasteiger partial charge in [0.1, 0.15) is 22.4 Å². The minimum absolute atomic E-state index is 0.243. The van der Waals surface area contributed by atoms with Crippen LogP contribution >= 0.6 is 15.9 Å². The predicted molar refractivity (Wildman–Crippen MR) is 80.6 cm³/mol. The number of rotatable bonds is 6. The topological polar surface area (TPSA) is 59.1 Å². The molecular weight excluding hydrogens is 308 g/mol. The maximum Gasteiger partial charge on any atom is 0.146 e. The average Bonchev–Trinajstić information content (AvgIpc) is 2.94. The van der Waals surface area contributed by atoms with E-state index in [2.05, 4.69) is 50.4 Å². The van der Waals surface area contributed by atoms with E-state index in [1.165, 1.54) is 0 Å². The summed E-state index contributed by atoms with van der Waals surface area (Å²) in [5.41, 5.74) is 0. The van der Waals surface area contributed by atoms with Crippen LogP contribution in [0, 0.1) is 0 Å². The van der Waals surface area contributed by atoms with Crippen LogP contribution in [-0.4, -0.2) is 35.3 Å². The summed E-state index contributed by atoms with van der Waals surface area (Å²) in [4.78, 5) is 8.53. The second kappa shape index (κ2) is 7.05. The van der Waals surface area contributed by atoms with Crippen molar-refractivity contribution in [2.24, 2.45) is 0 Å². The highest BCUT2D eigenvalue weighted by molar-refractivity contribution is 9.10. The first-order chi connectivity index (χ1) is 9.22. The van der Waals surface area contributed by atoms with Gasteiger partial charge in [-0.25, -0.2) is 9.97 Å². The molecule has 0 saturated carbocycles. The van der Waals surface area contributed by atoms with Crippen molar-refractivity contribution < 1.29 is 4.74 Å². The largest absolute Gasteiger partial charge is 0.376 e. The molecule has 1 aromatic heterocycles. The molecule has 0 aromatic carbocycles. The summed E-state index contributed by atoms with van der Waals surface area (Å²) in [5.74, 6) is 1.65. The number of halogens is 1. The highest BCUT2D eigenvalue weighted by Gasteiger charge is 2.23. The fourth-order valence-corrected chi connectivity index (χ4v) is 2.60. The zero-order valence-electron chi connectivity index (χ0n) is 11.4. The van der Waals surface area contributed by atoms with E-state index in [-0.39, 0.29) is 12.1 Å². The maximum atomic E-state index is 5.69. The lowest BCUT2D eigenvalue weighted by Gasteiger charge is -2.21. The minimum atomic E-state index is 0.243. The number of anilines is 2. The molecule has 0 amide bonds. The van der Waals surface area contributed by atoms with Crippen LogP contribution in [0.1, 0.15) is 33.1 Å². The van der Waals surface area contributed by atoms with Crippen molar-refractivity contribution in [3.8, 4) is 0 Å². The molecule has 2 rings (SSSR count). The van der Waals surface area contributed by atoms with Crippen molar-refractivity contribution >= 4 is 27.6 Å². The second-order valence-electron chi connectivity index (χ2n) is 4.80. The molecule has 1 aromatic rings. The van der Waals surface area contributed by atoms with Crippen molar-refractivity contribution in [3.63, 3.8) is 0 Å². The van der Waals surface area contributed by atoms with Crippen molar-refractivity contribution in [3.05, 3.63) is 10.8 Å². The Morgan fingerprint density at radius 3 is 2.95 bits per heavy atom. The number of ether oxygens (including phenoxy) is 1. The van der Waals surface area contributed by atoms with Gasteiger partial charge in [-0.3, -0.25) is 0 Å². The summed E-state index contributed by atoms with van der Waals surface area (Å²) >= 11 is 3.56. The van der Waals surface area contributed by atoms with Gasteiger partial charge in [-0.05, 0) is 42.1 Å². The van der Waals surface area contributed by atoms with Gasteiger partial charge in [-0.2, -0.15) is 0 Å². The van der Waals surface area contributed by atoms with Crippen LogP contribution in [0.15, 0.2) is 10.8 Å². The third kappa shape index (κ3) is 3.79. The van der Waals surface area contributed by atoms with E-state index in [0.29, 0.717) is 0 Å². The molecule has 2 heterocycles. The molecular formula is C13H21BrN4O. The fraction of sp³-hybridized carbons (Fsp3) is 0.692. The van der Waals surface area contributed by atoms with Crippen molar-refractivity contribution in [1.82, 2.24) is 9.97 Å². The van der Waals surface area contributed by atoms with Gasteiger partial charge < -0.3 is 15.4 Å². The number of nitrogens with zero attached hydrogens (tertiary/aromatic N) is 2. The molecule has 2 atom stereocenters. The fourth-order valence-electron chi connectivity index (χ4n) is 2.14. The van der Waals surface area contributed by atoms with Crippen LogP contribution in [0.4, 0.5) is 11.6 Å². The standard InChI is InChI=1S/C13H21BrN4O/c1-3-6-15-12-11(14)13(17-8-16-12)18-9(2)10-5-4-7-19-10/h8-10H,3-7H2,1-2H3,(H2,15,16,17,18). The van der Waals surface area contributed by atoms with Crippen LogP contribution in [0.2, 0.25) is 0 Å². The molecule has 1 fully saturated rings. The first-order valence-electron chi connectivity index (χ1n) is 6.85. The minimum Gasteiger partial charge on any atom is -0.376 e. The van der Waals surface area contributed by atoms with E-state index in [0.717, 1.165) is 48.5 Å². The Hall–Kier alpha value is -0.880. The second-order valence-corrected chi connectivity index (χ2v) is 5.59. The molecule has 19 heavy (non-hydrogen) atoms. The lowest BCUT2D eigenvalue weighted by atomic mass is 10.1. The van der Waals surface area contributed by atoms with Gasteiger partial charge in [0.25, 0.3) is 0 Å². The van der Waals surface area contributed by atoms with E-state index in [9.17, 15) is 0 Å². The third-order valence-corrected chi connectivity index (χ3v) is 3.97. The van der Waals surface area contributed by atoms with Gasteiger partial charge in [0.2, 0.25) is 0 Å². The van der Waals surface area contributed by atoms with E-state index >= 15 is 0 Å². The zero-order valence-corrected chi connectivity index (χ0v) is 13.0. The number of aromatic nitrogens is 2. The molecule has 1 aliphatic rings. The quantitative estimate of drug-likeness (QED) is 0.840. The van der Waals surface area contributed by atoms with Gasteiger partial charge in [0.05, 0.1) is 12.1 Å². The Balaban J connectivity index is 2.02. The monoisotopic (exact) mass is 328 g/mol. The van der Waals surface area contributed by atoms with Gasteiger partial charge in [-0.1, -0.05) is 6.92 Å². The molecule has 2 N–H and O–H groups in total. The van der Waals surface area contributed by atoms with Crippen LogP contribution in [-0.2, 0) is 4.74 Å². The Labute approximate surface area is 122 Å². The summed E-state index contributed by atoms with van der Waals surface area (Å²) in [6.45, 7) is 6.02. The molecule has 0 spiro atoms. The lowest BCUT2D eigenvalue weighted by molar-refractivity contribution is 0.0995. The van der Waals surface area contributed by atoms with E-state index < -0.39 is 0 Å². The smallest absolute Gasteiger partial charge is 0.146 e. The third-order valence-electron chi connectivity index (χ3n) is 3.22. The number of nitrogens with one attached hydrogen (secondary N) is 2. The first kappa shape index (κ1) is 14.5. The SMILES string of the molecule is CCCNc1ncnc(NC(C)C2CCCO2)c1Br. The van der Waals surface area contributed by atoms with Crippen LogP contribution < -0.4 is 10.6 Å².